The van der Waals surface area contributed by atoms with Crippen molar-refractivity contribution in [3.63, 3.8) is 0 Å². The number of carbonyl (C=O) groups excluding carboxylic acids is 2. The number of halogens is 1. The van der Waals surface area contributed by atoms with E-state index in [-0.39, 0.29) is 29.7 Å². The van der Waals surface area contributed by atoms with Crippen molar-refractivity contribution in [1.29, 1.82) is 0 Å². The van der Waals surface area contributed by atoms with Gasteiger partial charge in [-0.3, -0.25) is 9.59 Å². The van der Waals surface area contributed by atoms with E-state index in [2.05, 4.69) is 5.32 Å². The van der Waals surface area contributed by atoms with Gasteiger partial charge in [0.1, 0.15) is 11.3 Å². The van der Waals surface area contributed by atoms with Gasteiger partial charge in [-0.15, -0.1) is 0 Å². The van der Waals surface area contributed by atoms with Crippen LogP contribution in [0, 0.1) is 12.8 Å². The number of nitrogens with one attached hydrogen (secondary N) is 1. The smallest absolute Gasteiger partial charge is 0.257 e. The number of anilines is 1. The molecule has 6 heteroatoms. The number of amides is 2. The molecule has 0 aromatic heterocycles. The van der Waals surface area contributed by atoms with Crippen molar-refractivity contribution >= 4 is 29.1 Å². The van der Waals surface area contributed by atoms with E-state index in [0.29, 0.717) is 28.6 Å². The lowest BCUT2D eigenvalue weighted by molar-refractivity contribution is -0.125. The number of hydrogen-bond donors (Lipinski definition) is 1. The fourth-order valence-corrected chi connectivity index (χ4v) is 6.18. The highest BCUT2D eigenvalue weighted by atomic mass is 35.5. The summed E-state index contributed by atoms with van der Waals surface area (Å²) in [5.41, 5.74) is 2.76. The summed E-state index contributed by atoms with van der Waals surface area (Å²) in [5, 5.41) is 3.64. The second-order valence-corrected chi connectivity index (χ2v) is 9.75. The molecule has 0 saturated carbocycles. The molecule has 6 rings (SSSR count). The van der Waals surface area contributed by atoms with Crippen LogP contribution in [0.5, 0.6) is 5.75 Å². The third-order valence-corrected chi connectivity index (χ3v) is 7.67. The number of aryl methyl sites for hydroxylation is 1. The van der Waals surface area contributed by atoms with Crippen molar-refractivity contribution in [1.82, 2.24) is 4.90 Å². The summed E-state index contributed by atoms with van der Waals surface area (Å²) >= 11 is 6.39. The molecule has 0 aliphatic carbocycles. The zero-order chi connectivity index (χ0) is 22.9. The summed E-state index contributed by atoms with van der Waals surface area (Å²) in [6.07, 6.45) is 0. The normalized spacial score (nSPS) is 27.5. The molecule has 2 amide bonds. The standard InChI is InChI=1S/C27H23ClN2O3/c1-15-8-10-21-18(12-15)25(31)30-24-19-13-17(28)9-11-22(19)33-14-20(24)23(16-6-4-3-5-7-16)27(30,2)26(32)29-21/h3-13,20,23-24H,14H2,1-2H3,(H,29,32)/t20-,23+,24+,27-/m1/s1. The lowest BCUT2D eigenvalue weighted by Crippen LogP contribution is -2.54. The molecular formula is C27H23ClN2O3. The zero-order valence-corrected chi connectivity index (χ0v) is 19.1. The third kappa shape index (κ3) is 2.78. The Bertz CT molecular complexity index is 1310. The molecule has 1 fully saturated rings. The van der Waals surface area contributed by atoms with Crippen molar-refractivity contribution in [2.24, 2.45) is 5.92 Å². The second kappa shape index (κ2) is 7.09. The van der Waals surface area contributed by atoms with Crippen LogP contribution in [0.2, 0.25) is 5.02 Å². The summed E-state index contributed by atoms with van der Waals surface area (Å²) in [6, 6.07) is 20.7. The Morgan fingerprint density at radius 2 is 1.85 bits per heavy atom. The monoisotopic (exact) mass is 458 g/mol. The summed E-state index contributed by atoms with van der Waals surface area (Å²) in [7, 11) is 0. The summed E-state index contributed by atoms with van der Waals surface area (Å²) in [5.74, 6) is -0.000611. The van der Waals surface area contributed by atoms with E-state index >= 15 is 0 Å². The Morgan fingerprint density at radius 3 is 2.64 bits per heavy atom. The molecule has 0 bridgehead atoms. The van der Waals surface area contributed by atoms with Crippen LogP contribution >= 0.6 is 11.6 Å². The molecule has 1 N–H and O–H groups in total. The van der Waals surface area contributed by atoms with Gasteiger partial charge in [0.2, 0.25) is 0 Å². The number of nitrogens with zero attached hydrogens (tertiary/aromatic N) is 1. The van der Waals surface area contributed by atoms with Gasteiger partial charge in [-0.1, -0.05) is 53.6 Å². The summed E-state index contributed by atoms with van der Waals surface area (Å²) in [6.45, 7) is 4.24. The molecule has 3 aliphatic heterocycles. The van der Waals surface area contributed by atoms with Crippen LogP contribution in [0.15, 0.2) is 66.7 Å². The fraction of sp³-hybridized carbons (Fsp3) is 0.259. The van der Waals surface area contributed by atoms with Gasteiger partial charge in [0, 0.05) is 22.4 Å². The van der Waals surface area contributed by atoms with Crippen LogP contribution in [0.4, 0.5) is 5.69 Å². The Kier molecular flexibility index (Phi) is 4.36. The van der Waals surface area contributed by atoms with Crippen molar-refractivity contribution in [2.45, 2.75) is 31.3 Å². The zero-order valence-electron chi connectivity index (χ0n) is 18.3. The minimum absolute atomic E-state index is 0.107. The number of ether oxygens (including phenoxy) is 1. The van der Waals surface area contributed by atoms with E-state index in [9.17, 15) is 9.59 Å². The number of hydrogen-bond acceptors (Lipinski definition) is 3. The van der Waals surface area contributed by atoms with Gasteiger partial charge in [0.15, 0.2) is 0 Å². The van der Waals surface area contributed by atoms with Gasteiger partial charge in [-0.2, -0.15) is 0 Å². The molecule has 0 spiro atoms. The highest BCUT2D eigenvalue weighted by Crippen LogP contribution is 2.60. The first-order valence-corrected chi connectivity index (χ1v) is 11.5. The third-order valence-electron chi connectivity index (χ3n) is 7.43. The molecule has 3 aromatic rings. The molecule has 3 heterocycles. The molecule has 3 aromatic carbocycles. The van der Waals surface area contributed by atoms with Crippen LogP contribution in [-0.4, -0.2) is 28.9 Å². The molecule has 3 aliphatic rings. The predicted molar refractivity (Wildman–Crippen MR) is 127 cm³/mol. The average Bonchev–Trinajstić information content (AvgIpc) is 3.06. The van der Waals surface area contributed by atoms with Crippen LogP contribution in [-0.2, 0) is 4.79 Å². The van der Waals surface area contributed by atoms with Gasteiger partial charge in [-0.25, -0.2) is 0 Å². The number of carbonyl (C=O) groups is 2. The molecule has 33 heavy (non-hydrogen) atoms. The maximum absolute atomic E-state index is 14.2. The SMILES string of the molecule is Cc1ccc2c(c1)C(=O)N1[C@H]3c4cc(Cl)ccc4OC[C@@H]3[C@H](c3ccccc3)[C@]1(C)C(=O)N2. The molecule has 0 radical (unpaired) electrons. The molecular weight excluding hydrogens is 436 g/mol. The minimum atomic E-state index is -1.12. The first kappa shape index (κ1) is 20.3. The van der Waals surface area contributed by atoms with Crippen molar-refractivity contribution in [3.05, 3.63) is 94.0 Å². The lowest BCUT2D eigenvalue weighted by Gasteiger charge is -2.38. The highest BCUT2D eigenvalue weighted by molar-refractivity contribution is 6.30. The minimum Gasteiger partial charge on any atom is -0.493 e. The van der Waals surface area contributed by atoms with E-state index < -0.39 is 5.54 Å². The number of rotatable bonds is 1. The summed E-state index contributed by atoms with van der Waals surface area (Å²) in [4.78, 5) is 30.0. The van der Waals surface area contributed by atoms with Gasteiger partial charge in [0.05, 0.1) is 23.9 Å². The Hall–Kier alpha value is -3.31. The van der Waals surface area contributed by atoms with Crippen molar-refractivity contribution in [2.75, 3.05) is 11.9 Å². The first-order valence-electron chi connectivity index (χ1n) is 11.1. The lowest BCUT2D eigenvalue weighted by atomic mass is 9.73. The molecule has 0 unspecified atom stereocenters. The predicted octanol–water partition coefficient (Wildman–Crippen LogP) is 5.35. The van der Waals surface area contributed by atoms with Crippen molar-refractivity contribution < 1.29 is 14.3 Å². The van der Waals surface area contributed by atoms with E-state index in [0.717, 1.165) is 16.7 Å². The fourth-order valence-electron chi connectivity index (χ4n) is 6.00. The highest BCUT2D eigenvalue weighted by Gasteiger charge is 2.65. The van der Waals surface area contributed by atoms with Gasteiger partial charge < -0.3 is 15.0 Å². The van der Waals surface area contributed by atoms with E-state index in [4.69, 9.17) is 16.3 Å². The van der Waals surface area contributed by atoms with E-state index in [1.165, 1.54) is 0 Å². The van der Waals surface area contributed by atoms with Crippen molar-refractivity contribution in [3.8, 4) is 5.75 Å². The van der Waals surface area contributed by atoms with Crippen LogP contribution in [0.1, 0.15) is 45.9 Å². The average molecular weight is 459 g/mol. The number of benzene rings is 3. The topological polar surface area (TPSA) is 58.6 Å². The van der Waals surface area contributed by atoms with Gasteiger partial charge in [0.25, 0.3) is 11.8 Å². The molecule has 5 nitrogen and oxygen atoms in total. The maximum atomic E-state index is 14.2. The van der Waals surface area contributed by atoms with Gasteiger partial charge in [-0.05, 0) is 49.7 Å². The largest absolute Gasteiger partial charge is 0.493 e. The molecule has 1 saturated heterocycles. The molecule has 166 valence electrons. The van der Waals surface area contributed by atoms with Crippen LogP contribution in [0.25, 0.3) is 0 Å². The Labute approximate surface area is 197 Å². The first-order chi connectivity index (χ1) is 15.9. The van der Waals surface area contributed by atoms with E-state index in [1.54, 1.807) is 11.0 Å². The Balaban J connectivity index is 1.64. The Morgan fingerprint density at radius 1 is 1.06 bits per heavy atom. The van der Waals surface area contributed by atoms with Crippen LogP contribution in [0.3, 0.4) is 0 Å². The molecule has 4 atom stereocenters. The van der Waals surface area contributed by atoms with E-state index in [1.807, 2.05) is 74.5 Å². The number of fused-ring (bicyclic) bond motifs is 6. The van der Waals surface area contributed by atoms with Gasteiger partial charge >= 0.3 is 0 Å². The van der Waals surface area contributed by atoms with Crippen LogP contribution < -0.4 is 10.1 Å². The summed E-state index contributed by atoms with van der Waals surface area (Å²) < 4.78 is 6.16. The maximum Gasteiger partial charge on any atom is 0.257 e. The second-order valence-electron chi connectivity index (χ2n) is 9.32. The quantitative estimate of drug-likeness (QED) is 0.534.